The van der Waals surface area contributed by atoms with E-state index in [0.717, 1.165) is 24.4 Å². The van der Waals surface area contributed by atoms with Gasteiger partial charge in [-0.05, 0) is 30.2 Å². The Bertz CT molecular complexity index is 878. The molecule has 1 spiro atoms. The molecule has 2 aromatic rings. The molecule has 4 nitrogen and oxygen atoms in total. The van der Waals surface area contributed by atoms with E-state index < -0.39 is 0 Å². The molecule has 23 heavy (non-hydrogen) atoms. The lowest BCUT2D eigenvalue weighted by Crippen LogP contribution is -2.42. The molecule has 0 radical (unpaired) electrons. The summed E-state index contributed by atoms with van der Waals surface area (Å²) in [4.78, 5) is 19.7. The van der Waals surface area contributed by atoms with Crippen molar-refractivity contribution in [1.82, 2.24) is 9.47 Å². The van der Waals surface area contributed by atoms with Gasteiger partial charge in [-0.3, -0.25) is 9.79 Å². The monoisotopic (exact) mass is 305 g/mol. The third kappa shape index (κ3) is 1.42. The maximum atomic E-state index is 12.8. The predicted molar refractivity (Wildman–Crippen MR) is 89.1 cm³/mol. The Kier molecular flexibility index (Phi) is 2.36. The van der Waals surface area contributed by atoms with Gasteiger partial charge in [-0.2, -0.15) is 0 Å². The van der Waals surface area contributed by atoms with Gasteiger partial charge in [0.1, 0.15) is 0 Å². The van der Waals surface area contributed by atoms with Gasteiger partial charge in [0.05, 0.1) is 17.1 Å². The second-order valence-electron chi connectivity index (χ2n) is 6.93. The highest BCUT2D eigenvalue weighted by molar-refractivity contribution is 6.06. The molecule has 3 aliphatic heterocycles. The van der Waals surface area contributed by atoms with Crippen molar-refractivity contribution in [3.05, 3.63) is 53.3 Å². The molecule has 4 heteroatoms. The van der Waals surface area contributed by atoms with E-state index in [4.69, 9.17) is 4.99 Å². The normalized spacial score (nSPS) is 27.9. The molecule has 2 atom stereocenters. The summed E-state index contributed by atoms with van der Waals surface area (Å²) in [5.74, 6) is 0.260. The Morgan fingerprint density at radius 3 is 2.96 bits per heavy atom. The zero-order valence-corrected chi connectivity index (χ0v) is 13.4. The standard InChI is InChI=1S/C19H19N3O/c1-12-19(14-5-3-4-6-15(14)20-12)11-17(23)22-10-8-16-13(18(19)22)7-9-21(16)2/h3-7,9,18H,8,10-11H2,1-2H3/t18-,19-/m1/s1. The molecular formula is C19H19N3O. The highest BCUT2D eigenvalue weighted by Crippen LogP contribution is 2.57. The van der Waals surface area contributed by atoms with Gasteiger partial charge in [0.2, 0.25) is 5.91 Å². The third-order valence-corrected chi connectivity index (χ3v) is 5.97. The first-order valence-electron chi connectivity index (χ1n) is 8.22. The van der Waals surface area contributed by atoms with Crippen LogP contribution in [0.15, 0.2) is 41.5 Å². The lowest BCUT2D eigenvalue weighted by atomic mass is 9.69. The number of aromatic nitrogens is 1. The molecular weight excluding hydrogens is 286 g/mol. The second kappa shape index (κ2) is 4.13. The highest BCUT2D eigenvalue weighted by Gasteiger charge is 2.59. The van der Waals surface area contributed by atoms with Gasteiger partial charge >= 0.3 is 0 Å². The number of para-hydroxylation sites is 1. The smallest absolute Gasteiger partial charge is 0.224 e. The van der Waals surface area contributed by atoms with E-state index in [0.29, 0.717) is 6.42 Å². The average molecular weight is 305 g/mol. The molecule has 1 fully saturated rings. The van der Waals surface area contributed by atoms with Gasteiger partial charge in [-0.1, -0.05) is 18.2 Å². The zero-order valence-electron chi connectivity index (χ0n) is 13.4. The van der Waals surface area contributed by atoms with Crippen LogP contribution in [-0.2, 0) is 23.7 Å². The van der Waals surface area contributed by atoms with Crippen molar-refractivity contribution in [3.8, 4) is 0 Å². The molecule has 116 valence electrons. The van der Waals surface area contributed by atoms with Crippen molar-refractivity contribution >= 4 is 17.3 Å². The van der Waals surface area contributed by atoms with Crippen LogP contribution in [0.25, 0.3) is 0 Å². The van der Waals surface area contributed by atoms with Gasteiger partial charge in [0.25, 0.3) is 0 Å². The van der Waals surface area contributed by atoms with Gasteiger partial charge in [-0.25, -0.2) is 0 Å². The van der Waals surface area contributed by atoms with Crippen LogP contribution in [0.1, 0.15) is 36.2 Å². The fraction of sp³-hybridized carbons (Fsp3) is 0.368. The van der Waals surface area contributed by atoms with E-state index >= 15 is 0 Å². The van der Waals surface area contributed by atoms with Crippen LogP contribution >= 0.6 is 0 Å². The molecule has 0 N–H and O–H groups in total. The van der Waals surface area contributed by atoms with Crippen molar-refractivity contribution in [2.75, 3.05) is 6.54 Å². The van der Waals surface area contributed by atoms with Crippen molar-refractivity contribution in [2.24, 2.45) is 12.0 Å². The fourth-order valence-electron chi connectivity index (χ4n) is 4.90. The summed E-state index contributed by atoms with van der Waals surface area (Å²) in [6.45, 7) is 2.90. The number of hydrogen-bond acceptors (Lipinski definition) is 2. The lowest BCUT2D eigenvalue weighted by Gasteiger charge is -2.39. The topological polar surface area (TPSA) is 37.6 Å². The number of carbonyl (C=O) groups is 1. The van der Waals surface area contributed by atoms with Crippen LogP contribution in [-0.4, -0.2) is 27.6 Å². The molecule has 0 aliphatic carbocycles. The third-order valence-electron chi connectivity index (χ3n) is 5.97. The largest absolute Gasteiger partial charge is 0.354 e. The molecule has 1 aromatic carbocycles. The molecule has 5 rings (SSSR count). The maximum absolute atomic E-state index is 12.8. The Hall–Kier alpha value is -2.36. The summed E-state index contributed by atoms with van der Waals surface area (Å²) in [6, 6.07) is 10.6. The predicted octanol–water partition coefficient (Wildman–Crippen LogP) is 2.90. The number of hydrogen-bond donors (Lipinski definition) is 0. The maximum Gasteiger partial charge on any atom is 0.224 e. The zero-order chi connectivity index (χ0) is 15.8. The summed E-state index contributed by atoms with van der Waals surface area (Å²) in [5, 5.41) is 0. The van der Waals surface area contributed by atoms with Gasteiger partial charge < -0.3 is 9.47 Å². The fourth-order valence-corrected chi connectivity index (χ4v) is 4.90. The first-order chi connectivity index (χ1) is 11.1. The Balaban J connectivity index is 1.80. The molecule has 1 amide bonds. The van der Waals surface area contributed by atoms with Gasteiger partial charge in [0, 0.05) is 44.0 Å². The lowest BCUT2D eigenvalue weighted by molar-refractivity contribution is -0.129. The minimum Gasteiger partial charge on any atom is -0.354 e. The van der Waals surface area contributed by atoms with Crippen LogP contribution in [0.5, 0.6) is 0 Å². The number of nitrogens with zero attached hydrogens (tertiary/aromatic N) is 3. The Morgan fingerprint density at radius 1 is 1.26 bits per heavy atom. The number of amides is 1. The van der Waals surface area contributed by atoms with Crippen molar-refractivity contribution in [2.45, 2.75) is 31.2 Å². The number of aryl methyl sites for hydroxylation is 1. The van der Waals surface area contributed by atoms with E-state index in [1.165, 1.54) is 16.8 Å². The summed E-state index contributed by atoms with van der Waals surface area (Å²) < 4.78 is 2.20. The molecule has 0 unspecified atom stereocenters. The SMILES string of the molecule is CC1=Nc2ccccc2[C@@]12CC(=O)N1CCc3c(ccn3C)[C@@H]12. The van der Waals surface area contributed by atoms with Gasteiger partial charge in [-0.15, -0.1) is 0 Å². The summed E-state index contributed by atoms with van der Waals surface area (Å²) in [5.41, 5.74) is 5.70. The van der Waals surface area contributed by atoms with Crippen LogP contribution in [0.3, 0.4) is 0 Å². The van der Waals surface area contributed by atoms with E-state index in [1.54, 1.807) is 0 Å². The van der Waals surface area contributed by atoms with Crippen LogP contribution in [0.4, 0.5) is 5.69 Å². The number of rotatable bonds is 0. The van der Waals surface area contributed by atoms with E-state index in [-0.39, 0.29) is 17.4 Å². The number of aliphatic imine (C=N–C) groups is 1. The average Bonchev–Trinajstić information content (AvgIpc) is 3.16. The van der Waals surface area contributed by atoms with Crippen molar-refractivity contribution in [1.29, 1.82) is 0 Å². The summed E-state index contributed by atoms with van der Waals surface area (Å²) in [7, 11) is 2.10. The van der Waals surface area contributed by atoms with Crippen molar-refractivity contribution < 1.29 is 4.79 Å². The molecule has 0 bridgehead atoms. The van der Waals surface area contributed by atoms with E-state index in [1.807, 2.05) is 6.07 Å². The van der Waals surface area contributed by atoms with Crippen LogP contribution in [0, 0.1) is 0 Å². The Labute approximate surface area is 135 Å². The molecule has 3 aliphatic rings. The molecule has 0 saturated carbocycles. The number of benzene rings is 1. The minimum absolute atomic E-state index is 0.0901. The number of carbonyl (C=O) groups excluding carboxylic acids is 1. The molecule has 4 heterocycles. The minimum atomic E-state index is -0.287. The number of fused-ring (bicyclic) bond motifs is 6. The second-order valence-corrected chi connectivity index (χ2v) is 6.93. The van der Waals surface area contributed by atoms with Crippen molar-refractivity contribution in [3.63, 3.8) is 0 Å². The quantitative estimate of drug-likeness (QED) is 0.737. The van der Waals surface area contributed by atoms with E-state index in [9.17, 15) is 4.79 Å². The Morgan fingerprint density at radius 2 is 2.09 bits per heavy atom. The first-order valence-corrected chi connectivity index (χ1v) is 8.22. The molecule has 1 saturated heterocycles. The summed E-state index contributed by atoms with van der Waals surface area (Å²) in [6.07, 6.45) is 3.60. The highest BCUT2D eigenvalue weighted by atomic mass is 16.2. The van der Waals surface area contributed by atoms with Crippen LogP contribution in [0.2, 0.25) is 0 Å². The van der Waals surface area contributed by atoms with Crippen LogP contribution < -0.4 is 0 Å². The van der Waals surface area contributed by atoms with Gasteiger partial charge in [0.15, 0.2) is 0 Å². The molecule has 1 aromatic heterocycles. The van der Waals surface area contributed by atoms with E-state index in [2.05, 4.69) is 53.9 Å². The summed E-state index contributed by atoms with van der Waals surface area (Å²) >= 11 is 0. The first kappa shape index (κ1) is 13.1.